The Morgan fingerprint density at radius 2 is 0.496 bits per heavy atom. The highest BCUT2D eigenvalue weighted by molar-refractivity contribution is 6.74. The van der Waals surface area contributed by atoms with E-state index in [9.17, 15) is 40.8 Å². The minimum Gasteiger partial charge on any atom is -0.498 e. The molecule has 23 nitrogen and oxygen atoms in total. The van der Waals surface area contributed by atoms with Gasteiger partial charge in [0.25, 0.3) is 11.2 Å². The van der Waals surface area contributed by atoms with Crippen LogP contribution in [0.25, 0.3) is 15.6 Å². The molecular weight excluding hydrogens is 1760 g/mol. The molecule has 137 heavy (non-hydrogen) atoms. The summed E-state index contributed by atoms with van der Waals surface area (Å²) in [5, 5.41) is 96.8. The molecule has 0 heterocycles. The van der Waals surface area contributed by atoms with E-state index in [0.29, 0.717) is 32.0 Å². The summed E-state index contributed by atoms with van der Waals surface area (Å²) in [5.41, 5.74) is 4.49. The summed E-state index contributed by atoms with van der Waals surface area (Å²) < 4.78 is 37.5. The molecule has 4 N–H and O–H groups in total. The van der Waals surface area contributed by atoms with Crippen LogP contribution >= 0.6 is 0 Å². The van der Waals surface area contributed by atoms with Crippen LogP contribution in [0.4, 0.5) is 0 Å². The fourth-order valence-corrected chi connectivity index (χ4v) is 16.8. The fraction of sp³-hybridized carbons (Fsp3) is 0.429. The standard InChI is InChI=1S/C26H39NO4Si.C26H37NO3Si.C20H25NO4.C20H23NO3.C14H11NO2.C6H14O2/c1-25(2,3)32(4,5)31-21-15-7-6-14-20-30-26(22-27(28)29,23-16-10-8-11-17-23)24-18-12-9-13-19-24;1-25(2,3)31(4,5)30-21-15-7-6-14-20-29-26(22-27-28,23-16-10-8-11-17-23)24-18-12-9-13-19-24;22-15-9-1-2-10-16-25-20(17-21(23)24,18-11-5-3-6-12-18)19-13-7-4-8-14-19;22-15-9-1-2-10-16-24-20(17-21-23,18-11-5-3-6-12-18)19-13-7-4-8-14-19;16-15(17)11-14(12-7-3-1-4-8-12)13-9-5-2-6-10-13;7-5-3-1-2-4-6-8/h8-13,16-19H,6-7,14-15,20-22H2,1-5H3;8-13,16-19H,6-7,14-15,20-21H2,1-5H3;3-8,11-14,22H,1-2,9-10,15-17H2;3-8,11-14,22H,1-2,9-10,15-16H2;1-11H;7-8H,1-6H2. The van der Waals surface area contributed by atoms with E-state index in [0.717, 1.165) is 203 Å². The predicted molar refractivity (Wildman–Crippen MR) is 557 cm³/mol. The molecule has 0 aliphatic rings. The molecule has 0 aromatic heterocycles. The number of unbranched alkanes of at least 4 members (excludes halogenated alkanes) is 15. The van der Waals surface area contributed by atoms with Gasteiger partial charge in [0.1, 0.15) is 0 Å². The van der Waals surface area contributed by atoms with Gasteiger partial charge in [0.05, 0.1) is 10.5 Å². The summed E-state index contributed by atoms with van der Waals surface area (Å²) in [6.45, 7) is 26.6. The molecule has 0 atom stereocenters. The van der Waals surface area contributed by atoms with Crippen LogP contribution in [0.1, 0.15) is 226 Å². The van der Waals surface area contributed by atoms with Crippen molar-refractivity contribution in [3.63, 3.8) is 0 Å². The molecule has 0 spiro atoms. The zero-order valence-electron chi connectivity index (χ0n) is 82.3. The minimum atomic E-state index is -1.68. The molecule has 0 fully saturated rings. The average Bonchev–Trinajstić information content (AvgIpc) is 0.771. The van der Waals surface area contributed by atoms with Crippen molar-refractivity contribution in [1.29, 1.82) is 0 Å². The van der Waals surface area contributed by atoms with Crippen LogP contribution in [0.2, 0.25) is 36.3 Å². The average molecular weight is 1910 g/mol. The third kappa shape index (κ3) is 41.1. The molecule has 25 heteroatoms. The Kier molecular flexibility index (Phi) is 55.0. The first-order valence-corrected chi connectivity index (χ1v) is 53.9. The van der Waals surface area contributed by atoms with E-state index < -0.39 is 44.0 Å². The van der Waals surface area contributed by atoms with E-state index in [1.54, 1.807) is 0 Å². The van der Waals surface area contributed by atoms with Gasteiger partial charge < -0.3 is 58.6 Å². The van der Waals surface area contributed by atoms with Crippen LogP contribution in [-0.4, -0.2) is 131 Å². The quantitative estimate of drug-likeness (QED) is 0.0119. The Morgan fingerprint density at radius 1 is 0.299 bits per heavy atom. The second-order valence-corrected chi connectivity index (χ2v) is 46.1. The van der Waals surface area contributed by atoms with E-state index in [-0.39, 0.29) is 59.4 Å². The highest BCUT2D eigenvalue weighted by Crippen LogP contribution is 2.42. The van der Waals surface area contributed by atoms with Gasteiger partial charge in [0, 0.05) is 108 Å². The Balaban J connectivity index is 0.000000299. The van der Waals surface area contributed by atoms with Crippen molar-refractivity contribution in [2.45, 2.75) is 229 Å². The molecular formula is C112H149N5O18Si2. The van der Waals surface area contributed by atoms with Crippen molar-refractivity contribution in [1.82, 2.24) is 0 Å². The number of rotatable bonds is 52. The lowest BCUT2D eigenvalue weighted by Gasteiger charge is -2.36. The molecule has 0 unspecified atom stereocenters. The lowest BCUT2D eigenvalue weighted by Crippen LogP contribution is -2.40. The van der Waals surface area contributed by atoms with Gasteiger partial charge in [-0.3, -0.25) is 30.3 Å². The molecule has 0 saturated heterocycles. The van der Waals surface area contributed by atoms with E-state index in [1.807, 2.05) is 303 Å². The van der Waals surface area contributed by atoms with Crippen molar-refractivity contribution in [3.8, 4) is 12.1 Å². The highest BCUT2D eigenvalue weighted by atomic mass is 28.4. The zero-order valence-corrected chi connectivity index (χ0v) is 84.3. The predicted octanol–water partition coefficient (Wildman–Crippen LogP) is 26.2. The molecule has 0 aliphatic heterocycles. The van der Waals surface area contributed by atoms with E-state index >= 15 is 0 Å². The normalized spacial score (nSPS) is 11.5. The van der Waals surface area contributed by atoms with Crippen LogP contribution in [0.15, 0.2) is 310 Å². The van der Waals surface area contributed by atoms with Gasteiger partial charge in [-0.25, -0.2) is 0 Å². The van der Waals surface area contributed by atoms with Crippen molar-refractivity contribution in [2.24, 2.45) is 0 Å². The Hall–Kier alpha value is -11.2. The molecule has 0 amide bonds. The topological polar surface area (TPSA) is 321 Å². The van der Waals surface area contributed by atoms with Gasteiger partial charge in [-0.1, -0.05) is 409 Å². The molecule has 10 aromatic carbocycles. The van der Waals surface area contributed by atoms with Gasteiger partial charge >= 0.3 is 12.1 Å². The van der Waals surface area contributed by atoms with Crippen molar-refractivity contribution < 1.29 is 63.0 Å². The van der Waals surface area contributed by atoms with Crippen LogP contribution < -0.4 is 0 Å². The number of hydrogen-bond acceptors (Lipinski definition) is 18. The summed E-state index contributed by atoms with van der Waals surface area (Å²) in [5.74, 6) is 0. The molecule has 0 saturated carbocycles. The largest absolute Gasteiger partial charge is 0.498 e. The summed E-state index contributed by atoms with van der Waals surface area (Å²) >= 11 is 0. The number of nitro groups is 3. The third-order valence-corrected chi connectivity index (χ3v) is 33.4. The van der Waals surface area contributed by atoms with Crippen molar-refractivity contribution in [3.05, 3.63) is 416 Å². The lowest BCUT2D eigenvalue weighted by atomic mass is 9.86. The van der Waals surface area contributed by atoms with E-state index in [2.05, 4.69) is 89.9 Å². The maximum absolute atomic E-state index is 11.6. The third-order valence-electron chi connectivity index (χ3n) is 24.3. The summed E-state index contributed by atoms with van der Waals surface area (Å²) in [7, 11) is -3.35. The molecule has 0 radical (unpaired) electrons. The fourth-order valence-electron chi connectivity index (χ4n) is 14.6. The van der Waals surface area contributed by atoms with Crippen molar-refractivity contribution >= 4 is 22.2 Å². The van der Waals surface area contributed by atoms with Crippen molar-refractivity contribution in [2.75, 3.05) is 79.2 Å². The molecule has 0 aliphatic carbocycles. The summed E-state index contributed by atoms with van der Waals surface area (Å²) in [6, 6.07) is 100. The molecule has 10 rings (SSSR count). The van der Waals surface area contributed by atoms with Gasteiger partial charge in [-0.2, -0.15) is 0 Å². The summed E-state index contributed by atoms with van der Waals surface area (Å²) in [6.07, 6.45) is 20.0. The lowest BCUT2D eigenvalue weighted by molar-refractivity contribution is -0.501. The van der Waals surface area contributed by atoms with Crippen LogP contribution in [0.5, 0.6) is 0 Å². The number of hydrogen-bond donors (Lipinski definition) is 4. The number of aliphatic hydroxyl groups is 4. The van der Waals surface area contributed by atoms with E-state index in [4.69, 9.17) is 48.2 Å². The minimum absolute atomic E-state index is 0.195. The van der Waals surface area contributed by atoms with Gasteiger partial charge in [0.2, 0.25) is 19.3 Å². The molecule has 0 bridgehead atoms. The van der Waals surface area contributed by atoms with Gasteiger partial charge in [0.15, 0.2) is 27.8 Å². The highest BCUT2D eigenvalue weighted by Gasteiger charge is 2.45. The van der Waals surface area contributed by atoms with Crippen LogP contribution in [0, 0.1) is 52.9 Å². The first-order valence-electron chi connectivity index (χ1n) is 48.1. The Morgan fingerprint density at radius 3 is 0.693 bits per heavy atom. The first-order chi connectivity index (χ1) is 66.0. The zero-order chi connectivity index (χ0) is 99.8. The number of aliphatic hydroxyl groups excluding tert-OH is 4. The van der Waals surface area contributed by atoms with E-state index in [1.165, 1.54) is 0 Å². The second-order valence-electron chi connectivity index (χ2n) is 36.5. The smallest absolute Gasteiger partial charge is 0.344 e. The van der Waals surface area contributed by atoms with Crippen LogP contribution in [-0.2, 0) is 50.2 Å². The SMILES string of the molecule is CC(C)(C)[Si](C)(C)OCCCCCCOC(C#[N+][O-])(c1ccccc1)c1ccccc1.CC(C)(C)[Si](C)(C)OCCCCCCOC(C[N+](=O)[O-])(c1ccccc1)c1ccccc1.O=[N+]([O-])C=C(c1ccccc1)c1ccccc1.O=[N+]([O-])CC(OCCCCCCO)(c1ccccc1)c1ccccc1.OCCCCCCO.[O-][N+]#CC(OCCCCCCO)(c1ccccc1)c1ccccc1. The number of ether oxygens (including phenoxy) is 4. The molecule has 738 valence electrons. The first kappa shape index (κ1) is 116. The maximum atomic E-state index is 11.6. The Labute approximate surface area is 816 Å². The number of benzene rings is 10. The number of nitrogens with zero attached hydrogens (tertiary/aromatic N) is 5. The Bertz CT molecular complexity index is 4830. The molecule has 10 aromatic rings. The second kappa shape index (κ2) is 64.8. The van der Waals surface area contributed by atoms with Gasteiger partial charge in [-0.05, 0) is 134 Å². The maximum Gasteiger partial charge on any atom is 0.344 e. The monoisotopic (exact) mass is 1910 g/mol. The summed E-state index contributed by atoms with van der Waals surface area (Å²) in [4.78, 5) is 32.7. The van der Waals surface area contributed by atoms with Gasteiger partial charge in [-0.15, -0.1) is 0 Å². The van der Waals surface area contributed by atoms with Crippen LogP contribution in [0.3, 0.4) is 0 Å².